The molecule has 2 N–H and O–H groups in total. The smallest absolute Gasteiger partial charge is 0.129 e. The number of rotatable bonds is 1. The molecule has 3 aliphatic carbocycles. The first kappa shape index (κ1) is 16.4. The van der Waals surface area contributed by atoms with Gasteiger partial charge in [0.05, 0.1) is 18.5 Å². The van der Waals surface area contributed by atoms with Gasteiger partial charge in [-0.2, -0.15) is 0 Å². The van der Waals surface area contributed by atoms with Crippen LogP contribution in [0, 0.1) is 22.7 Å². The first-order valence-corrected chi connectivity index (χ1v) is 9.42. The minimum Gasteiger partial charge on any atom is -0.465 e. The second-order valence-electron chi connectivity index (χ2n) is 9.15. The molecule has 0 amide bonds. The van der Waals surface area contributed by atoms with E-state index in [0.717, 1.165) is 31.4 Å². The Bertz CT molecular complexity index is 662. The topological polar surface area (TPSA) is 53.6 Å². The third kappa shape index (κ3) is 2.10. The fourth-order valence-corrected chi connectivity index (χ4v) is 6.33. The van der Waals surface area contributed by atoms with E-state index in [1.54, 1.807) is 0 Å². The SMILES string of the molecule is CC1CC[C@H]2[C@@](C)(CC[C@H]3c4ccoc4C=C[C@@]32C)C[C@@]1(O)CO. The summed E-state index contributed by atoms with van der Waals surface area (Å²) in [6.45, 7) is 6.72. The number of aliphatic hydroxyl groups excluding tert-OH is 1. The summed E-state index contributed by atoms with van der Waals surface area (Å²) in [7, 11) is 0. The lowest BCUT2D eigenvalue weighted by atomic mass is 9.48. The zero-order chi connectivity index (χ0) is 17.2. The molecule has 4 rings (SSSR count). The fraction of sp³-hybridized carbons (Fsp3) is 0.714. The van der Waals surface area contributed by atoms with Crippen molar-refractivity contribution < 1.29 is 14.6 Å². The molecule has 1 unspecified atom stereocenters. The molecular formula is C21H30O3. The summed E-state index contributed by atoms with van der Waals surface area (Å²) in [4.78, 5) is 0. The van der Waals surface area contributed by atoms with Crippen molar-refractivity contribution in [1.29, 1.82) is 0 Å². The average Bonchev–Trinajstić information content (AvgIpc) is 2.97. The molecule has 1 aromatic rings. The van der Waals surface area contributed by atoms with Crippen LogP contribution in [0.4, 0.5) is 0 Å². The molecule has 1 heterocycles. The second kappa shape index (κ2) is 5.22. The predicted octanol–water partition coefficient (Wildman–Crippen LogP) is 4.36. The maximum Gasteiger partial charge on any atom is 0.129 e. The van der Waals surface area contributed by atoms with Crippen molar-refractivity contribution in [2.75, 3.05) is 6.61 Å². The van der Waals surface area contributed by atoms with Crippen LogP contribution in [-0.2, 0) is 0 Å². The van der Waals surface area contributed by atoms with Gasteiger partial charge in [0.15, 0.2) is 0 Å². The van der Waals surface area contributed by atoms with Gasteiger partial charge < -0.3 is 14.6 Å². The maximum atomic E-state index is 11.1. The Kier molecular flexibility index (Phi) is 3.57. The molecule has 132 valence electrons. The Balaban J connectivity index is 1.76. The van der Waals surface area contributed by atoms with Crippen molar-refractivity contribution in [3.05, 3.63) is 29.7 Å². The van der Waals surface area contributed by atoms with Crippen molar-refractivity contribution in [1.82, 2.24) is 0 Å². The Hall–Kier alpha value is -1.06. The van der Waals surface area contributed by atoms with E-state index < -0.39 is 5.60 Å². The van der Waals surface area contributed by atoms with Gasteiger partial charge >= 0.3 is 0 Å². The fourth-order valence-electron chi connectivity index (χ4n) is 6.33. The van der Waals surface area contributed by atoms with Crippen LogP contribution in [0.2, 0.25) is 0 Å². The van der Waals surface area contributed by atoms with Gasteiger partial charge in [-0.25, -0.2) is 0 Å². The summed E-state index contributed by atoms with van der Waals surface area (Å²) < 4.78 is 5.64. The number of furan rings is 1. The van der Waals surface area contributed by atoms with Crippen LogP contribution >= 0.6 is 0 Å². The van der Waals surface area contributed by atoms with Crippen LogP contribution in [0.3, 0.4) is 0 Å². The molecule has 0 spiro atoms. The van der Waals surface area contributed by atoms with Crippen molar-refractivity contribution in [2.45, 2.75) is 64.4 Å². The molecule has 24 heavy (non-hydrogen) atoms. The average molecular weight is 330 g/mol. The summed E-state index contributed by atoms with van der Waals surface area (Å²) in [5, 5.41) is 20.9. The number of hydrogen-bond acceptors (Lipinski definition) is 3. The number of aliphatic hydroxyl groups is 2. The van der Waals surface area contributed by atoms with E-state index in [-0.39, 0.29) is 23.4 Å². The zero-order valence-corrected chi connectivity index (χ0v) is 15.1. The van der Waals surface area contributed by atoms with E-state index in [0.29, 0.717) is 18.3 Å². The highest BCUT2D eigenvalue weighted by atomic mass is 16.3. The molecule has 1 aromatic heterocycles. The first-order chi connectivity index (χ1) is 11.3. The zero-order valence-electron chi connectivity index (χ0n) is 15.1. The quantitative estimate of drug-likeness (QED) is 0.804. The molecule has 3 nitrogen and oxygen atoms in total. The largest absolute Gasteiger partial charge is 0.465 e. The van der Waals surface area contributed by atoms with E-state index in [1.165, 1.54) is 5.56 Å². The monoisotopic (exact) mass is 330 g/mol. The molecule has 0 aliphatic heterocycles. The normalized spacial score (nSPS) is 47.5. The molecule has 3 aliphatic rings. The minimum atomic E-state index is -0.939. The van der Waals surface area contributed by atoms with Crippen LogP contribution in [-0.4, -0.2) is 22.4 Å². The molecule has 0 aromatic carbocycles. The maximum absolute atomic E-state index is 11.1. The van der Waals surface area contributed by atoms with Gasteiger partial charge in [-0.05, 0) is 72.8 Å². The first-order valence-electron chi connectivity index (χ1n) is 9.42. The van der Waals surface area contributed by atoms with Gasteiger partial charge in [-0.1, -0.05) is 26.8 Å². The Morgan fingerprint density at radius 3 is 2.79 bits per heavy atom. The minimum absolute atomic E-state index is 0.0685. The third-order valence-electron chi connectivity index (χ3n) is 7.83. The molecule has 3 heteroatoms. The summed E-state index contributed by atoms with van der Waals surface area (Å²) in [5.74, 6) is 2.19. The lowest BCUT2D eigenvalue weighted by Gasteiger charge is -2.56. The van der Waals surface area contributed by atoms with Gasteiger partial charge in [0.1, 0.15) is 5.76 Å². The Labute approximate surface area is 144 Å². The van der Waals surface area contributed by atoms with Gasteiger partial charge in [0.2, 0.25) is 0 Å². The van der Waals surface area contributed by atoms with Gasteiger partial charge in [-0.15, -0.1) is 0 Å². The highest BCUT2D eigenvalue weighted by molar-refractivity contribution is 5.55. The lowest BCUT2D eigenvalue weighted by Crippen LogP contribution is -2.50. The van der Waals surface area contributed by atoms with Crippen LogP contribution < -0.4 is 0 Å². The molecule has 6 atom stereocenters. The van der Waals surface area contributed by atoms with E-state index in [2.05, 4.69) is 39.0 Å². The summed E-state index contributed by atoms with van der Waals surface area (Å²) in [5.41, 5.74) is 0.590. The summed E-state index contributed by atoms with van der Waals surface area (Å²) in [6.07, 6.45) is 11.4. The highest BCUT2D eigenvalue weighted by Crippen LogP contribution is 2.65. The van der Waals surface area contributed by atoms with Crippen molar-refractivity contribution in [2.24, 2.45) is 22.7 Å². The van der Waals surface area contributed by atoms with E-state index in [9.17, 15) is 10.2 Å². The molecule has 2 saturated carbocycles. The van der Waals surface area contributed by atoms with Gasteiger partial charge in [-0.3, -0.25) is 0 Å². The standard InChI is InChI=1S/C21H30O3/c1-14-4-5-18-19(2,12-21(14,23)13-22)9-6-16-15-8-11-24-17(15)7-10-20(16,18)3/h7-8,10-11,14,16,18,22-23H,4-6,9,12-13H2,1-3H3/t14?,16-,18-,19-,20-,21+/m0/s1. The summed E-state index contributed by atoms with van der Waals surface area (Å²) >= 11 is 0. The van der Waals surface area contributed by atoms with Crippen LogP contribution in [0.15, 0.2) is 22.8 Å². The van der Waals surface area contributed by atoms with Gasteiger partial charge in [0, 0.05) is 5.56 Å². The van der Waals surface area contributed by atoms with E-state index in [4.69, 9.17) is 4.42 Å². The predicted molar refractivity (Wildman–Crippen MR) is 94.5 cm³/mol. The molecule has 2 fully saturated rings. The molecule has 0 bridgehead atoms. The van der Waals surface area contributed by atoms with Crippen LogP contribution in [0.5, 0.6) is 0 Å². The summed E-state index contributed by atoms with van der Waals surface area (Å²) in [6, 6.07) is 2.15. The third-order valence-corrected chi connectivity index (χ3v) is 7.83. The second-order valence-corrected chi connectivity index (χ2v) is 9.15. The Morgan fingerprint density at radius 2 is 2.04 bits per heavy atom. The lowest BCUT2D eigenvalue weighted by molar-refractivity contribution is -0.101. The number of hydrogen-bond donors (Lipinski definition) is 2. The van der Waals surface area contributed by atoms with E-state index >= 15 is 0 Å². The van der Waals surface area contributed by atoms with Crippen molar-refractivity contribution in [3.63, 3.8) is 0 Å². The van der Waals surface area contributed by atoms with Crippen LogP contribution in [0.1, 0.15) is 70.1 Å². The van der Waals surface area contributed by atoms with Gasteiger partial charge in [0.25, 0.3) is 0 Å². The molecular weight excluding hydrogens is 300 g/mol. The number of fused-ring (bicyclic) bond motifs is 5. The van der Waals surface area contributed by atoms with E-state index in [1.807, 2.05) is 6.26 Å². The van der Waals surface area contributed by atoms with Crippen molar-refractivity contribution in [3.8, 4) is 0 Å². The highest BCUT2D eigenvalue weighted by Gasteiger charge is 2.58. The van der Waals surface area contributed by atoms with Crippen molar-refractivity contribution >= 4 is 6.08 Å². The Morgan fingerprint density at radius 1 is 1.25 bits per heavy atom. The molecule has 0 radical (unpaired) electrons. The molecule has 0 saturated heterocycles. The van der Waals surface area contributed by atoms with Crippen LogP contribution in [0.25, 0.3) is 6.08 Å². The number of allylic oxidation sites excluding steroid dienone is 1.